The summed E-state index contributed by atoms with van der Waals surface area (Å²) in [6, 6.07) is 11.6. The standard InChI is InChI=1S/C17H18ClNO2/c18-15-5-2-1-4-13(15)7-8-17(20)19-10-9-14(12-19)16-6-3-11-21-16/h1-6,11,14H,7-10,12H2. The predicted molar refractivity (Wildman–Crippen MR) is 82.4 cm³/mol. The van der Waals surface area contributed by atoms with Crippen LogP contribution >= 0.6 is 11.6 Å². The van der Waals surface area contributed by atoms with Gasteiger partial charge in [-0.25, -0.2) is 0 Å². The molecule has 4 heteroatoms. The molecule has 1 aromatic carbocycles. The van der Waals surface area contributed by atoms with Crippen LogP contribution in [0.15, 0.2) is 47.1 Å². The Morgan fingerprint density at radius 1 is 1.29 bits per heavy atom. The van der Waals surface area contributed by atoms with E-state index in [1.54, 1.807) is 6.26 Å². The third-order valence-electron chi connectivity index (χ3n) is 4.05. The molecular formula is C17H18ClNO2. The summed E-state index contributed by atoms with van der Waals surface area (Å²) in [6.45, 7) is 1.57. The average Bonchev–Trinajstić information content (AvgIpc) is 3.16. The number of likely N-dealkylation sites (tertiary alicyclic amines) is 1. The molecule has 0 saturated carbocycles. The van der Waals surface area contributed by atoms with Gasteiger partial charge in [0.1, 0.15) is 5.76 Å². The Labute approximate surface area is 129 Å². The van der Waals surface area contributed by atoms with E-state index in [0.29, 0.717) is 18.8 Å². The Bertz CT molecular complexity index is 609. The van der Waals surface area contributed by atoms with Crippen LogP contribution in [0.4, 0.5) is 0 Å². The zero-order chi connectivity index (χ0) is 14.7. The smallest absolute Gasteiger partial charge is 0.222 e. The summed E-state index contributed by atoms with van der Waals surface area (Å²) in [5.74, 6) is 1.52. The highest BCUT2D eigenvalue weighted by molar-refractivity contribution is 6.31. The number of nitrogens with zero attached hydrogens (tertiary/aromatic N) is 1. The van der Waals surface area contributed by atoms with Crippen molar-refractivity contribution < 1.29 is 9.21 Å². The maximum atomic E-state index is 12.3. The molecule has 0 N–H and O–H groups in total. The molecule has 0 spiro atoms. The lowest BCUT2D eigenvalue weighted by Gasteiger charge is -2.16. The van der Waals surface area contributed by atoms with Gasteiger partial charge in [-0.3, -0.25) is 4.79 Å². The highest BCUT2D eigenvalue weighted by Gasteiger charge is 2.28. The van der Waals surface area contributed by atoms with E-state index in [9.17, 15) is 4.79 Å². The third-order valence-corrected chi connectivity index (χ3v) is 4.42. The summed E-state index contributed by atoms with van der Waals surface area (Å²) in [5, 5.41) is 0.736. The first-order valence-electron chi connectivity index (χ1n) is 7.28. The van der Waals surface area contributed by atoms with Crippen LogP contribution in [-0.4, -0.2) is 23.9 Å². The summed E-state index contributed by atoms with van der Waals surface area (Å²) >= 11 is 6.12. The fraction of sp³-hybridized carbons (Fsp3) is 0.353. The minimum Gasteiger partial charge on any atom is -0.469 e. The molecule has 1 aliphatic heterocycles. The van der Waals surface area contributed by atoms with Gasteiger partial charge < -0.3 is 9.32 Å². The number of aryl methyl sites for hydroxylation is 1. The fourth-order valence-electron chi connectivity index (χ4n) is 2.84. The van der Waals surface area contributed by atoms with Crippen LogP contribution < -0.4 is 0 Å². The minimum absolute atomic E-state index is 0.198. The highest BCUT2D eigenvalue weighted by atomic mass is 35.5. The lowest BCUT2D eigenvalue weighted by Crippen LogP contribution is -2.28. The maximum absolute atomic E-state index is 12.3. The highest BCUT2D eigenvalue weighted by Crippen LogP contribution is 2.28. The third kappa shape index (κ3) is 3.30. The topological polar surface area (TPSA) is 33.5 Å². The quantitative estimate of drug-likeness (QED) is 0.859. The lowest BCUT2D eigenvalue weighted by atomic mass is 10.1. The van der Waals surface area contributed by atoms with Crippen LogP contribution in [0.3, 0.4) is 0 Å². The van der Waals surface area contributed by atoms with Gasteiger partial charge in [0.2, 0.25) is 5.91 Å². The monoisotopic (exact) mass is 303 g/mol. The second-order valence-corrected chi connectivity index (χ2v) is 5.84. The molecule has 1 saturated heterocycles. The van der Waals surface area contributed by atoms with Crippen molar-refractivity contribution in [1.82, 2.24) is 4.90 Å². The van der Waals surface area contributed by atoms with Gasteiger partial charge in [-0.2, -0.15) is 0 Å². The Morgan fingerprint density at radius 3 is 2.90 bits per heavy atom. The zero-order valence-corrected chi connectivity index (χ0v) is 12.6. The number of hydrogen-bond acceptors (Lipinski definition) is 2. The van der Waals surface area contributed by atoms with Gasteiger partial charge in [0, 0.05) is 30.5 Å². The molecule has 0 radical (unpaired) electrons. The number of halogens is 1. The van der Waals surface area contributed by atoms with E-state index < -0.39 is 0 Å². The molecule has 1 aliphatic rings. The Kier molecular flexibility index (Phi) is 4.30. The summed E-state index contributed by atoms with van der Waals surface area (Å²) in [5.41, 5.74) is 1.04. The molecule has 110 valence electrons. The minimum atomic E-state index is 0.198. The molecule has 1 fully saturated rings. The number of benzene rings is 1. The van der Waals surface area contributed by atoms with E-state index in [-0.39, 0.29) is 5.91 Å². The molecule has 1 aromatic heterocycles. The first-order valence-corrected chi connectivity index (χ1v) is 7.66. The van der Waals surface area contributed by atoms with Crippen molar-refractivity contribution in [3.8, 4) is 0 Å². The van der Waals surface area contributed by atoms with Crippen LogP contribution in [0, 0.1) is 0 Å². The van der Waals surface area contributed by atoms with Crippen LogP contribution in [0.25, 0.3) is 0 Å². The molecule has 0 aliphatic carbocycles. The first-order chi connectivity index (χ1) is 10.2. The van der Waals surface area contributed by atoms with E-state index in [1.807, 2.05) is 41.3 Å². The van der Waals surface area contributed by atoms with Crippen LogP contribution in [0.1, 0.15) is 30.1 Å². The van der Waals surface area contributed by atoms with Gasteiger partial charge in [-0.05, 0) is 36.6 Å². The first kappa shape index (κ1) is 14.2. The lowest BCUT2D eigenvalue weighted by molar-refractivity contribution is -0.130. The zero-order valence-electron chi connectivity index (χ0n) is 11.8. The van der Waals surface area contributed by atoms with Crippen LogP contribution in [0.5, 0.6) is 0 Å². The van der Waals surface area contributed by atoms with Crippen LogP contribution in [-0.2, 0) is 11.2 Å². The van der Waals surface area contributed by atoms with E-state index in [2.05, 4.69) is 0 Å². The summed E-state index contributed by atoms with van der Waals surface area (Å²) in [7, 11) is 0. The van der Waals surface area contributed by atoms with Crippen molar-refractivity contribution in [2.45, 2.75) is 25.2 Å². The largest absolute Gasteiger partial charge is 0.469 e. The summed E-state index contributed by atoms with van der Waals surface area (Å²) < 4.78 is 5.44. The van der Waals surface area contributed by atoms with E-state index in [1.165, 1.54) is 0 Å². The van der Waals surface area contributed by atoms with Crippen molar-refractivity contribution >= 4 is 17.5 Å². The van der Waals surface area contributed by atoms with Gasteiger partial charge in [0.05, 0.1) is 6.26 Å². The Balaban J connectivity index is 1.54. The van der Waals surface area contributed by atoms with Gasteiger partial charge in [-0.1, -0.05) is 29.8 Å². The molecule has 3 nitrogen and oxygen atoms in total. The van der Waals surface area contributed by atoms with Crippen molar-refractivity contribution in [2.75, 3.05) is 13.1 Å². The SMILES string of the molecule is O=C(CCc1ccccc1Cl)N1CCC(c2ccco2)C1. The number of carbonyl (C=O) groups is 1. The summed E-state index contributed by atoms with van der Waals surface area (Å²) in [4.78, 5) is 14.2. The number of amides is 1. The van der Waals surface area contributed by atoms with Gasteiger partial charge in [0.15, 0.2) is 0 Å². The Morgan fingerprint density at radius 2 is 2.14 bits per heavy atom. The summed E-state index contributed by atoms with van der Waals surface area (Å²) in [6.07, 6.45) is 3.87. The van der Waals surface area contributed by atoms with E-state index in [4.69, 9.17) is 16.0 Å². The van der Waals surface area contributed by atoms with E-state index in [0.717, 1.165) is 35.9 Å². The fourth-order valence-corrected chi connectivity index (χ4v) is 3.07. The predicted octanol–water partition coefficient (Wildman–Crippen LogP) is 3.88. The van der Waals surface area contributed by atoms with Gasteiger partial charge in [0.25, 0.3) is 0 Å². The molecule has 21 heavy (non-hydrogen) atoms. The van der Waals surface area contributed by atoms with Gasteiger partial charge in [-0.15, -0.1) is 0 Å². The van der Waals surface area contributed by atoms with Crippen molar-refractivity contribution in [3.63, 3.8) is 0 Å². The van der Waals surface area contributed by atoms with Crippen molar-refractivity contribution in [2.24, 2.45) is 0 Å². The molecule has 1 amide bonds. The maximum Gasteiger partial charge on any atom is 0.222 e. The van der Waals surface area contributed by atoms with E-state index >= 15 is 0 Å². The molecule has 3 rings (SSSR count). The normalized spacial score (nSPS) is 18.1. The van der Waals surface area contributed by atoms with Gasteiger partial charge >= 0.3 is 0 Å². The molecule has 1 unspecified atom stereocenters. The van der Waals surface area contributed by atoms with Crippen molar-refractivity contribution in [3.05, 3.63) is 59.0 Å². The van der Waals surface area contributed by atoms with Crippen molar-refractivity contribution in [1.29, 1.82) is 0 Å². The second-order valence-electron chi connectivity index (χ2n) is 5.43. The molecule has 1 atom stereocenters. The second kappa shape index (κ2) is 6.35. The molecule has 2 heterocycles. The average molecular weight is 304 g/mol. The number of hydrogen-bond donors (Lipinski definition) is 0. The molecule has 0 bridgehead atoms. The Hall–Kier alpha value is -1.74. The number of furan rings is 1. The molecular weight excluding hydrogens is 286 g/mol. The molecule has 2 aromatic rings. The number of rotatable bonds is 4. The number of carbonyl (C=O) groups excluding carboxylic acids is 1. The van der Waals surface area contributed by atoms with Crippen LogP contribution in [0.2, 0.25) is 5.02 Å².